The number of ketones is 1. The first kappa shape index (κ1) is 12.8. The molecule has 0 atom stereocenters. The van der Waals surface area contributed by atoms with Gasteiger partial charge in [0.05, 0.1) is 6.54 Å². The van der Waals surface area contributed by atoms with Crippen molar-refractivity contribution >= 4 is 27.4 Å². The molecule has 0 radical (unpaired) electrons. The van der Waals surface area contributed by atoms with Crippen molar-refractivity contribution in [3.05, 3.63) is 64.1 Å². The van der Waals surface area contributed by atoms with Crippen molar-refractivity contribution in [2.75, 3.05) is 11.9 Å². The van der Waals surface area contributed by atoms with E-state index in [1.165, 1.54) is 5.56 Å². The van der Waals surface area contributed by atoms with Crippen LogP contribution in [0.15, 0.2) is 53.0 Å². The zero-order chi connectivity index (χ0) is 13.0. The molecule has 0 aromatic heterocycles. The van der Waals surface area contributed by atoms with E-state index in [1.54, 1.807) is 0 Å². The molecule has 0 fully saturated rings. The fraction of sp³-hybridized carbons (Fsp3) is 0.133. The second-order valence-corrected chi connectivity index (χ2v) is 5.07. The van der Waals surface area contributed by atoms with Crippen LogP contribution in [0.4, 0.5) is 5.69 Å². The molecule has 0 spiro atoms. The van der Waals surface area contributed by atoms with Gasteiger partial charge < -0.3 is 5.32 Å². The van der Waals surface area contributed by atoms with Crippen LogP contribution in [-0.2, 0) is 0 Å². The summed E-state index contributed by atoms with van der Waals surface area (Å²) in [4.78, 5) is 11.9. The molecule has 0 saturated heterocycles. The second kappa shape index (κ2) is 5.83. The van der Waals surface area contributed by atoms with Crippen LogP contribution < -0.4 is 5.32 Å². The number of aryl methyl sites for hydroxylation is 1. The molecule has 0 saturated carbocycles. The maximum Gasteiger partial charge on any atom is 0.181 e. The number of hydrogen-bond acceptors (Lipinski definition) is 2. The summed E-state index contributed by atoms with van der Waals surface area (Å²) in [6, 6.07) is 15.4. The number of hydrogen-bond donors (Lipinski definition) is 1. The van der Waals surface area contributed by atoms with Gasteiger partial charge in [0, 0.05) is 15.7 Å². The topological polar surface area (TPSA) is 29.1 Å². The van der Waals surface area contributed by atoms with Crippen molar-refractivity contribution in [3.63, 3.8) is 0 Å². The summed E-state index contributed by atoms with van der Waals surface area (Å²) in [5.74, 6) is 0.0862. The van der Waals surface area contributed by atoms with Gasteiger partial charge in [-0.3, -0.25) is 4.79 Å². The summed E-state index contributed by atoms with van der Waals surface area (Å²) < 4.78 is 0.977. The largest absolute Gasteiger partial charge is 0.378 e. The Balaban J connectivity index is 1.96. The first-order valence-corrected chi connectivity index (χ1v) is 6.54. The highest BCUT2D eigenvalue weighted by Gasteiger charge is 2.04. The van der Waals surface area contributed by atoms with Gasteiger partial charge in [-0.2, -0.15) is 0 Å². The van der Waals surface area contributed by atoms with E-state index in [-0.39, 0.29) is 5.78 Å². The first-order valence-electron chi connectivity index (χ1n) is 5.74. The number of halogens is 1. The monoisotopic (exact) mass is 303 g/mol. The SMILES string of the molecule is Cc1ccc(NCC(=O)c2ccc(Br)cc2)cc1. The van der Waals surface area contributed by atoms with Gasteiger partial charge in [-0.1, -0.05) is 45.8 Å². The van der Waals surface area contributed by atoms with E-state index in [0.29, 0.717) is 6.54 Å². The lowest BCUT2D eigenvalue weighted by Gasteiger charge is -2.06. The van der Waals surface area contributed by atoms with Gasteiger partial charge >= 0.3 is 0 Å². The maximum atomic E-state index is 11.9. The summed E-state index contributed by atoms with van der Waals surface area (Å²) in [6.45, 7) is 2.35. The maximum absolute atomic E-state index is 11.9. The van der Waals surface area contributed by atoms with E-state index in [0.717, 1.165) is 15.7 Å². The van der Waals surface area contributed by atoms with Gasteiger partial charge in [0.15, 0.2) is 5.78 Å². The Bertz CT molecular complexity index is 531. The van der Waals surface area contributed by atoms with Crippen LogP contribution in [0.3, 0.4) is 0 Å². The van der Waals surface area contributed by atoms with Crippen LogP contribution in [0.2, 0.25) is 0 Å². The molecule has 1 N–H and O–H groups in total. The zero-order valence-electron chi connectivity index (χ0n) is 10.1. The number of Topliss-reactive ketones (excluding diaryl/α,β-unsaturated/α-hetero) is 1. The lowest BCUT2D eigenvalue weighted by atomic mass is 10.1. The fourth-order valence-electron chi connectivity index (χ4n) is 1.59. The molecule has 0 aliphatic heterocycles. The van der Waals surface area contributed by atoms with E-state index in [4.69, 9.17) is 0 Å². The van der Waals surface area contributed by atoms with Gasteiger partial charge in [-0.25, -0.2) is 0 Å². The highest BCUT2D eigenvalue weighted by atomic mass is 79.9. The van der Waals surface area contributed by atoms with Crippen molar-refractivity contribution in [1.82, 2.24) is 0 Å². The Hall–Kier alpha value is -1.61. The summed E-state index contributed by atoms with van der Waals surface area (Å²) in [5, 5.41) is 3.12. The van der Waals surface area contributed by atoms with Crippen LogP contribution in [0.25, 0.3) is 0 Å². The molecule has 3 heteroatoms. The van der Waals surface area contributed by atoms with E-state index in [2.05, 4.69) is 21.2 Å². The molecule has 0 bridgehead atoms. The van der Waals surface area contributed by atoms with Crippen molar-refractivity contribution < 1.29 is 4.79 Å². The highest BCUT2D eigenvalue weighted by Crippen LogP contribution is 2.12. The minimum absolute atomic E-state index is 0.0862. The molecule has 2 nitrogen and oxygen atoms in total. The van der Waals surface area contributed by atoms with Gasteiger partial charge in [0.2, 0.25) is 0 Å². The second-order valence-electron chi connectivity index (χ2n) is 4.15. The van der Waals surface area contributed by atoms with Crippen LogP contribution in [-0.4, -0.2) is 12.3 Å². The smallest absolute Gasteiger partial charge is 0.181 e. The van der Waals surface area contributed by atoms with E-state index in [9.17, 15) is 4.79 Å². The minimum Gasteiger partial charge on any atom is -0.378 e. The van der Waals surface area contributed by atoms with Gasteiger partial charge in [0.25, 0.3) is 0 Å². The molecule has 2 aromatic carbocycles. The van der Waals surface area contributed by atoms with Crippen LogP contribution >= 0.6 is 15.9 Å². The average Bonchev–Trinajstić information content (AvgIpc) is 2.38. The third kappa shape index (κ3) is 3.44. The predicted octanol–water partition coefficient (Wildman–Crippen LogP) is 4.05. The molecule has 0 amide bonds. The van der Waals surface area contributed by atoms with Crippen molar-refractivity contribution in [2.24, 2.45) is 0 Å². The number of benzene rings is 2. The van der Waals surface area contributed by atoms with Crippen molar-refractivity contribution in [3.8, 4) is 0 Å². The zero-order valence-corrected chi connectivity index (χ0v) is 11.7. The summed E-state index contributed by atoms with van der Waals surface area (Å²) >= 11 is 3.35. The molecule has 2 rings (SSSR count). The fourth-order valence-corrected chi connectivity index (χ4v) is 1.86. The highest BCUT2D eigenvalue weighted by molar-refractivity contribution is 9.10. The van der Waals surface area contributed by atoms with Crippen LogP contribution in [0.5, 0.6) is 0 Å². The molecule has 18 heavy (non-hydrogen) atoms. The number of carbonyl (C=O) groups excluding carboxylic acids is 1. The van der Waals surface area contributed by atoms with Gasteiger partial charge in [-0.05, 0) is 31.2 Å². The molecular weight excluding hydrogens is 290 g/mol. The normalized spacial score (nSPS) is 10.1. The quantitative estimate of drug-likeness (QED) is 0.863. The van der Waals surface area contributed by atoms with Gasteiger partial charge in [-0.15, -0.1) is 0 Å². The number of anilines is 1. The Kier molecular flexibility index (Phi) is 4.15. The van der Waals surface area contributed by atoms with Crippen LogP contribution in [0, 0.1) is 6.92 Å². The average molecular weight is 304 g/mol. The third-order valence-corrected chi connectivity index (χ3v) is 3.20. The van der Waals surface area contributed by atoms with Crippen molar-refractivity contribution in [2.45, 2.75) is 6.92 Å². The summed E-state index contributed by atoms with van der Waals surface area (Å²) in [5.41, 5.74) is 2.89. The van der Waals surface area contributed by atoms with Gasteiger partial charge in [0.1, 0.15) is 0 Å². The number of nitrogens with one attached hydrogen (secondary N) is 1. The van der Waals surface area contributed by atoms with E-state index >= 15 is 0 Å². The molecule has 0 unspecified atom stereocenters. The number of carbonyl (C=O) groups is 1. The molecular formula is C15H14BrNO. The lowest BCUT2D eigenvalue weighted by Crippen LogP contribution is -2.13. The van der Waals surface area contributed by atoms with Crippen LogP contribution in [0.1, 0.15) is 15.9 Å². The minimum atomic E-state index is 0.0862. The number of rotatable bonds is 4. The van der Waals surface area contributed by atoms with E-state index in [1.807, 2.05) is 55.5 Å². The first-order chi connectivity index (χ1) is 8.65. The summed E-state index contributed by atoms with van der Waals surface area (Å²) in [7, 11) is 0. The molecule has 92 valence electrons. The molecule has 0 heterocycles. The van der Waals surface area contributed by atoms with Crippen molar-refractivity contribution in [1.29, 1.82) is 0 Å². The van der Waals surface area contributed by atoms with E-state index < -0.39 is 0 Å². The lowest BCUT2D eigenvalue weighted by molar-refractivity contribution is 0.101. The standard InChI is InChI=1S/C15H14BrNO/c1-11-2-8-14(9-3-11)17-10-15(18)12-4-6-13(16)7-5-12/h2-9,17H,10H2,1H3. The Labute approximate surface area is 115 Å². The molecule has 0 aliphatic rings. The summed E-state index contributed by atoms with van der Waals surface area (Å²) in [6.07, 6.45) is 0. The predicted molar refractivity (Wildman–Crippen MR) is 78.1 cm³/mol. The Morgan fingerprint density at radius 2 is 1.67 bits per heavy atom. The third-order valence-electron chi connectivity index (χ3n) is 2.67. The Morgan fingerprint density at radius 1 is 1.06 bits per heavy atom. The Morgan fingerprint density at radius 3 is 2.28 bits per heavy atom. The molecule has 2 aromatic rings. The molecule has 0 aliphatic carbocycles.